The van der Waals surface area contributed by atoms with E-state index in [4.69, 9.17) is 0 Å². The molecule has 0 aromatic rings. The Balaban J connectivity index is 4.58. The summed E-state index contributed by atoms with van der Waals surface area (Å²) in [6, 6.07) is 0. The Morgan fingerprint density at radius 2 is 1.79 bits per heavy atom. The minimum Gasteiger partial charge on any atom is -0.308 e. The van der Waals surface area contributed by atoms with Crippen molar-refractivity contribution in [2.75, 3.05) is 7.05 Å². The molecule has 0 amide bonds. The molecule has 1 atom stereocenters. The highest BCUT2D eigenvalue weighted by atomic mass is 16.1. The van der Waals surface area contributed by atoms with Crippen LogP contribution in [0, 0.1) is 0 Å². The van der Waals surface area contributed by atoms with Crippen molar-refractivity contribution < 1.29 is 4.79 Å². The van der Waals surface area contributed by atoms with E-state index < -0.39 is 0 Å². The Kier molecular flexibility index (Phi) is 9.50. The van der Waals surface area contributed by atoms with E-state index in [1.54, 1.807) is 0 Å². The average molecular weight is 265 g/mol. The molecule has 0 fully saturated rings. The van der Waals surface area contributed by atoms with Crippen LogP contribution in [0.1, 0.15) is 65.7 Å². The van der Waals surface area contributed by atoms with Crippen LogP contribution in [0.4, 0.5) is 0 Å². The third-order valence-corrected chi connectivity index (χ3v) is 3.71. The molecule has 0 bridgehead atoms. The lowest BCUT2D eigenvalue weighted by molar-refractivity contribution is -0.125. The lowest BCUT2D eigenvalue weighted by atomic mass is 9.82. The zero-order valence-electron chi connectivity index (χ0n) is 13.2. The topological polar surface area (TPSA) is 29.1 Å². The fourth-order valence-electron chi connectivity index (χ4n) is 2.47. The maximum Gasteiger partial charge on any atom is 0.152 e. The van der Waals surface area contributed by atoms with Gasteiger partial charge in [-0.25, -0.2) is 0 Å². The Bertz CT molecular complexity index is 302. The molecule has 0 radical (unpaired) electrons. The normalized spacial score (nSPS) is 13.7. The van der Waals surface area contributed by atoms with Crippen molar-refractivity contribution in [3.8, 4) is 0 Å². The highest BCUT2D eigenvalue weighted by molar-refractivity contribution is 5.88. The molecule has 0 spiro atoms. The van der Waals surface area contributed by atoms with E-state index in [0.717, 1.165) is 38.5 Å². The first kappa shape index (κ1) is 18.1. The van der Waals surface area contributed by atoms with Gasteiger partial charge in [-0.05, 0) is 59.4 Å². The van der Waals surface area contributed by atoms with Crippen LogP contribution in [0.5, 0.6) is 0 Å². The van der Waals surface area contributed by atoms with Gasteiger partial charge >= 0.3 is 0 Å². The lowest BCUT2D eigenvalue weighted by Gasteiger charge is -2.32. The number of Topliss-reactive ketones (excluding diaryl/α,β-unsaturated/α-hetero) is 1. The summed E-state index contributed by atoms with van der Waals surface area (Å²) >= 11 is 0. The minimum atomic E-state index is -0.326. The van der Waals surface area contributed by atoms with E-state index >= 15 is 0 Å². The van der Waals surface area contributed by atoms with Gasteiger partial charge in [0.1, 0.15) is 0 Å². The van der Waals surface area contributed by atoms with E-state index in [-0.39, 0.29) is 5.54 Å². The van der Waals surface area contributed by atoms with Gasteiger partial charge in [0.05, 0.1) is 5.54 Å². The minimum absolute atomic E-state index is 0.326. The van der Waals surface area contributed by atoms with Gasteiger partial charge in [-0.2, -0.15) is 0 Å². The van der Waals surface area contributed by atoms with Crippen molar-refractivity contribution in [1.29, 1.82) is 0 Å². The van der Waals surface area contributed by atoms with Gasteiger partial charge in [0.25, 0.3) is 0 Å². The van der Waals surface area contributed by atoms with Crippen molar-refractivity contribution in [2.24, 2.45) is 0 Å². The summed E-state index contributed by atoms with van der Waals surface area (Å²) in [5.74, 6) is 0.344. The SMILES string of the molecule is C=CCCC[C@@](CCCC=C(C)C)(NC)C(=O)CC. The summed E-state index contributed by atoms with van der Waals surface area (Å²) in [4.78, 5) is 12.3. The second-order valence-electron chi connectivity index (χ2n) is 5.46. The third-order valence-electron chi connectivity index (χ3n) is 3.71. The van der Waals surface area contributed by atoms with Gasteiger partial charge in [0.2, 0.25) is 0 Å². The molecule has 0 unspecified atom stereocenters. The predicted molar refractivity (Wildman–Crippen MR) is 84.4 cm³/mol. The predicted octanol–water partition coefficient (Wildman–Crippen LogP) is 4.42. The van der Waals surface area contributed by atoms with Crippen molar-refractivity contribution in [1.82, 2.24) is 5.32 Å². The van der Waals surface area contributed by atoms with Crippen LogP contribution >= 0.6 is 0 Å². The van der Waals surface area contributed by atoms with Crippen LogP contribution < -0.4 is 5.32 Å². The highest BCUT2D eigenvalue weighted by Gasteiger charge is 2.33. The molecule has 110 valence electrons. The van der Waals surface area contributed by atoms with E-state index in [0.29, 0.717) is 12.2 Å². The molecule has 19 heavy (non-hydrogen) atoms. The number of allylic oxidation sites excluding steroid dienone is 3. The summed E-state index contributed by atoms with van der Waals surface area (Å²) < 4.78 is 0. The molecule has 0 aromatic heterocycles. The van der Waals surface area contributed by atoms with Crippen LogP contribution in [-0.4, -0.2) is 18.4 Å². The molecule has 0 aliphatic rings. The van der Waals surface area contributed by atoms with Gasteiger partial charge < -0.3 is 5.32 Å². The fourth-order valence-corrected chi connectivity index (χ4v) is 2.47. The smallest absolute Gasteiger partial charge is 0.152 e. The molecule has 2 heteroatoms. The number of rotatable bonds is 11. The van der Waals surface area contributed by atoms with E-state index in [9.17, 15) is 4.79 Å². The maximum absolute atomic E-state index is 12.3. The maximum atomic E-state index is 12.3. The number of carbonyl (C=O) groups excluding carboxylic acids is 1. The van der Waals surface area contributed by atoms with Gasteiger partial charge in [-0.15, -0.1) is 6.58 Å². The van der Waals surface area contributed by atoms with Gasteiger partial charge in [-0.1, -0.05) is 24.6 Å². The quantitative estimate of drug-likeness (QED) is 0.442. The van der Waals surface area contributed by atoms with Crippen LogP contribution in [0.25, 0.3) is 0 Å². The molecule has 0 aliphatic heterocycles. The summed E-state index contributed by atoms with van der Waals surface area (Å²) in [5, 5.41) is 3.31. The number of likely N-dealkylation sites (N-methyl/N-ethyl adjacent to an activating group) is 1. The van der Waals surface area contributed by atoms with Crippen LogP contribution in [0.3, 0.4) is 0 Å². The molecular weight excluding hydrogens is 234 g/mol. The Morgan fingerprint density at radius 1 is 1.21 bits per heavy atom. The Labute approximate surface area is 119 Å². The average Bonchev–Trinajstić information content (AvgIpc) is 2.40. The van der Waals surface area contributed by atoms with Gasteiger partial charge in [0, 0.05) is 6.42 Å². The van der Waals surface area contributed by atoms with Crippen molar-refractivity contribution in [3.63, 3.8) is 0 Å². The second kappa shape index (κ2) is 9.96. The zero-order valence-corrected chi connectivity index (χ0v) is 13.2. The number of hydrogen-bond donors (Lipinski definition) is 1. The highest BCUT2D eigenvalue weighted by Crippen LogP contribution is 2.24. The lowest BCUT2D eigenvalue weighted by Crippen LogP contribution is -2.50. The number of hydrogen-bond acceptors (Lipinski definition) is 2. The first-order valence-electron chi connectivity index (χ1n) is 7.49. The monoisotopic (exact) mass is 265 g/mol. The molecule has 0 saturated carbocycles. The summed E-state index contributed by atoms with van der Waals surface area (Å²) in [6.07, 6.45) is 10.8. The molecule has 0 aliphatic carbocycles. The number of ketones is 1. The second-order valence-corrected chi connectivity index (χ2v) is 5.46. The molecule has 0 heterocycles. The molecule has 0 aromatic carbocycles. The number of unbranched alkanes of at least 4 members (excludes halogenated alkanes) is 2. The first-order chi connectivity index (χ1) is 9.02. The largest absolute Gasteiger partial charge is 0.308 e. The first-order valence-corrected chi connectivity index (χ1v) is 7.49. The van der Waals surface area contributed by atoms with Crippen LogP contribution in [-0.2, 0) is 4.79 Å². The molecule has 2 nitrogen and oxygen atoms in total. The third kappa shape index (κ3) is 6.72. The Hall–Kier alpha value is -0.890. The summed E-state index contributed by atoms with van der Waals surface area (Å²) in [6.45, 7) is 9.94. The number of nitrogens with one attached hydrogen (secondary N) is 1. The Morgan fingerprint density at radius 3 is 2.21 bits per heavy atom. The van der Waals surface area contributed by atoms with E-state index in [1.165, 1.54) is 5.57 Å². The standard InChI is InChI=1S/C17H31NO/c1-6-8-10-13-17(18-5,16(19)7-2)14-11-9-12-15(3)4/h6,12,18H,1,7-11,13-14H2,2-5H3/t17-/m0/s1. The van der Waals surface area contributed by atoms with Gasteiger partial charge in [-0.3, -0.25) is 4.79 Å². The van der Waals surface area contributed by atoms with Gasteiger partial charge in [0.15, 0.2) is 5.78 Å². The zero-order chi connectivity index (χ0) is 14.7. The van der Waals surface area contributed by atoms with Crippen molar-refractivity contribution >= 4 is 5.78 Å². The van der Waals surface area contributed by atoms with E-state index in [2.05, 4.69) is 31.8 Å². The molecule has 1 N–H and O–H groups in total. The number of carbonyl (C=O) groups is 1. The molecule has 0 saturated heterocycles. The van der Waals surface area contributed by atoms with Crippen LogP contribution in [0.2, 0.25) is 0 Å². The van der Waals surface area contributed by atoms with Crippen LogP contribution in [0.15, 0.2) is 24.3 Å². The molecular formula is C17H31NO. The van der Waals surface area contributed by atoms with E-state index in [1.807, 2.05) is 20.0 Å². The van der Waals surface area contributed by atoms with Crippen molar-refractivity contribution in [3.05, 3.63) is 24.3 Å². The summed E-state index contributed by atoms with van der Waals surface area (Å²) in [7, 11) is 1.92. The summed E-state index contributed by atoms with van der Waals surface area (Å²) in [5.41, 5.74) is 1.02. The molecule has 0 rings (SSSR count). The van der Waals surface area contributed by atoms with Crippen molar-refractivity contribution in [2.45, 2.75) is 71.3 Å². The fraction of sp³-hybridized carbons (Fsp3) is 0.706.